The van der Waals surface area contributed by atoms with Gasteiger partial charge in [0.1, 0.15) is 16.5 Å². The average molecular weight is 319 g/mol. The molecule has 0 spiro atoms. The summed E-state index contributed by atoms with van der Waals surface area (Å²) >= 11 is 0. The van der Waals surface area contributed by atoms with Crippen LogP contribution in [-0.4, -0.2) is 25.5 Å². The minimum Gasteiger partial charge on any atom is -0.481 e. The maximum absolute atomic E-state index is 13.5. The summed E-state index contributed by atoms with van der Waals surface area (Å²) < 4.78 is 53.0. The Labute approximate surface area is 121 Å². The van der Waals surface area contributed by atoms with Gasteiger partial charge in [-0.3, -0.25) is 4.79 Å². The Hall–Kier alpha value is -1.54. The van der Waals surface area contributed by atoms with Crippen LogP contribution in [0.25, 0.3) is 0 Å². The quantitative estimate of drug-likeness (QED) is 0.887. The minimum absolute atomic E-state index is 0.354. The summed E-state index contributed by atoms with van der Waals surface area (Å²) in [4.78, 5) is 10.1. The first-order chi connectivity index (χ1) is 9.79. The number of hydrogen-bond acceptors (Lipinski definition) is 3. The van der Waals surface area contributed by atoms with E-state index < -0.39 is 44.5 Å². The number of carboxylic acid groups (broad SMARTS) is 1. The van der Waals surface area contributed by atoms with Crippen LogP contribution in [0.2, 0.25) is 0 Å². The lowest BCUT2D eigenvalue weighted by Gasteiger charge is -2.26. The first kappa shape index (κ1) is 15.8. The smallest absolute Gasteiger partial charge is 0.306 e. The van der Waals surface area contributed by atoms with Crippen LogP contribution in [-0.2, 0) is 14.8 Å². The van der Waals surface area contributed by atoms with Crippen molar-refractivity contribution in [3.05, 3.63) is 29.8 Å². The average Bonchev–Trinajstić information content (AvgIpc) is 2.41. The molecule has 8 heteroatoms. The molecule has 1 saturated carbocycles. The first-order valence-electron chi connectivity index (χ1n) is 6.50. The molecule has 2 N–H and O–H groups in total. The van der Waals surface area contributed by atoms with E-state index in [0.29, 0.717) is 31.7 Å². The molecule has 0 heterocycles. The van der Waals surface area contributed by atoms with Gasteiger partial charge in [0.2, 0.25) is 10.0 Å². The number of aliphatic carboxylic acids is 1. The number of nitrogens with one attached hydrogen (secondary N) is 1. The maximum Gasteiger partial charge on any atom is 0.306 e. The first-order valence-corrected chi connectivity index (χ1v) is 7.98. The molecule has 0 unspecified atom stereocenters. The summed E-state index contributed by atoms with van der Waals surface area (Å²) in [6.07, 6.45) is 1.42. The fourth-order valence-corrected chi connectivity index (χ4v) is 3.82. The number of benzene rings is 1. The van der Waals surface area contributed by atoms with E-state index in [1.807, 2.05) is 0 Å². The van der Waals surface area contributed by atoms with Gasteiger partial charge in [-0.25, -0.2) is 21.9 Å². The molecule has 0 aliphatic heterocycles. The van der Waals surface area contributed by atoms with Crippen molar-refractivity contribution < 1.29 is 27.1 Å². The van der Waals surface area contributed by atoms with E-state index in [1.54, 1.807) is 0 Å². The predicted octanol–water partition coefficient (Wildman–Crippen LogP) is 1.89. The third kappa shape index (κ3) is 3.76. The lowest BCUT2D eigenvalue weighted by molar-refractivity contribution is -0.142. The predicted molar refractivity (Wildman–Crippen MR) is 70.1 cm³/mol. The van der Waals surface area contributed by atoms with Crippen molar-refractivity contribution in [3.8, 4) is 0 Å². The second kappa shape index (κ2) is 6.07. The largest absolute Gasteiger partial charge is 0.481 e. The van der Waals surface area contributed by atoms with Crippen molar-refractivity contribution in [2.75, 3.05) is 0 Å². The summed E-state index contributed by atoms with van der Waals surface area (Å²) in [6, 6.07) is 1.76. The summed E-state index contributed by atoms with van der Waals surface area (Å²) in [6.45, 7) is 0. The molecule has 0 saturated heterocycles. The lowest BCUT2D eigenvalue weighted by Crippen LogP contribution is -2.39. The Bertz CT molecular complexity index is 640. The Kier molecular flexibility index (Phi) is 4.58. The van der Waals surface area contributed by atoms with Gasteiger partial charge >= 0.3 is 5.97 Å². The lowest BCUT2D eigenvalue weighted by atomic mass is 9.87. The van der Waals surface area contributed by atoms with Gasteiger partial charge in [-0.1, -0.05) is 0 Å². The SMILES string of the molecule is O=C(O)C1CCC(NS(=O)(=O)c2cc(F)ccc2F)CC1. The highest BCUT2D eigenvalue weighted by molar-refractivity contribution is 7.89. The van der Waals surface area contributed by atoms with Crippen LogP contribution >= 0.6 is 0 Å². The Morgan fingerprint density at radius 1 is 1.19 bits per heavy atom. The van der Waals surface area contributed by atoms with Gasteiger partial charge in [0, 0.05) is 6.04 Å². The number of sulfonamides is 1. The van der Waals surface area contributed by atoms with Crippen LogP contribution in [0, 0.1) is 17.6 Å². The van der Waals surface area contributed by atoms with Gasteiger partial charge in [0.25, 0.3) is 0 Å². The molecule has 0 aromatic heterocycles. The third-order valence-electron chi connectivity index (χ3n) is 3.58. The van der Waals surface area contributed by atoms with Crippen molar-refractivity contribution in [2.45, 2.75) is 36.6 Å². The zero-order chi connectivity index (χ0) is 15.6. The molecule has 0 amide bonds. The molecule has 1 aliphatic rings. The van der Waals surface area contributed by atoms with Crippen molar-refractivity contribution in [2.24, 2.45) is 5.92 Å². The van der Waals surface area contributed by atoms with E-state index in [2.05, 4.69) is 4.72 Å². The fourth-order valence-electron chi connectivity index (χ4n) is 2.42. The molecule has 116 valence electrons. The molecule has 0 bridgehead atoms. The topological polar surface area (TPSA) is 83.5 Å². The number of rotatable bonds is 4. The number of hydrogen-bond donors (Lipinski definition) is 2. The Morgan fingerprint density at radius 3 is 2.38 bits per heavy atom. The third-order valence-corrected chi connectivity index (χ3v) is 5.12. The molecule has 5 nitrogen and oxygen atoms in total. The van der Waals surface area contributed by atoms with E-state index in [9.17, 15) is 22.0 Å². The number of carbonyl (C=O) groups is 1. The number of carboxylic acids is 1. The van der Waals surface area contributed by atoms with E-state index in [0.717, 1.165) is 12.1 Å². The zero-order valence-electron chi connectivity index (χ0n) is 11.1. The Morgan fingerprint density at radius 2 is 1.81 bits per heavy atom. The molecule has 0 radical (unpaired) electrons. The highest BCUT2D eigenvalue weighted by Gasteiger charge is 2.30. The summed E-state index contributed by atoms with van der Waals surface area (Å²) in [7, 11) is -4.16. The fraction of sp³-hybridized carbons (Fsp3) is 0.462. The minimum atomic E-state index is -4.16. The van der Waals surface area contributed by atoms with Gasteiger partial charge in [0.05, 0.1) is 5.92 Å². The maximum atomic E-state index is 13.5. The van der Waals surface area contributed by atoms with Crippen LogP contribution in [0.15, 0.2) is 23.1 Å². The molecular weight excluding hydrogens is 304 g/mol. The van der Waals surface area contributed by atoms with E-state index in [4.69, 9.17) is 5.11 Å². The summed E-state index contributed by atoms with van der Waals surface area (Å²) in [5, 5.41) is 8.87. The van der Waals surface area contributed by atoms with Crippen LogP contribution in [0.3, 0.4) is 0 Å². The van der Waals surface area contributed by atoms with Gasteiger partial charge in [0.15, 0.2) is 0 Å². The van der Waals surface area contributed by atoms with Crippen molar-refractivity contribution in [1.82, 2.24) is 4.72 Å². The number of halogens is 2. The second-order valence-corrected chi connectivity index (χ2v) is 6.77. The molecule has 1 aliphatic carbocycles. The van der Waals surface area contributed by atoms with Crippen molar-refractivity contribution >= 4 is 16.0 Å². The van der Waals surface area contributed by atoms with Gasteiger partial charge in [-0.05, 0) is 43.9 Å². The normalized spacial score (nSPS) is 23.0. The van der Waals surface area contributed by atoms with E-state index in [-0.39, 0.29) is 0 Å². The molecular formula is C13H15F2NO4S. The highest BCUT2D eigenvalue weighted by atomic mass is 32.2. The van der Waals surface area contributed by atoms with Crippen LogP contribution in [0.5, 0.6) is 0 Å². The van der Waals surface area contributed by atoms with Crippen LogP contribution in [0.1, 0.15) is 25.7 Å². The molecule has 1 aromatic rings. The molecule has 21 heavy (non-hydrogen) atoms. The van der Waals surface area contributed by atoms with Crippen molar-refractivity contribution in [1.29, 1.82) is 0 Å². The zero-order valence-corrected chi connectivity index (χ0v) is 11.9. The highest BCUT2D eigenvalue weighted by Crippen LogP contribution is 2.26. The van der Waals surface area contributed by atoms with Crippen LogP contribution in [0.4, 0.5) is 8.78 Å². The van der Waals surface area contributed by atoms with E-state index in [1.165, 1.54) is 0 Å². The van der Waals surface area contributed by atoms with Gasteiger partial charge < -0.3 is 5.11 Å². The van der Waals surface area contributed by atoms with Crippen LogP contribution < -0.4 is 4.72 Å². The summed E-state index contributed by atoms with van der Waals surface area (Å²) in [5.41, 5.74) is 0. The van der Waals surface area contributed by atoms with E-state index >= 15 is 0 Å². The molecule has 0 atom stereocenters. The molecule has 2 rings (SSSR count). The van der Waals surface area contributed by atoms with Gasteiger partial charge in [-0.2, -0.15) is 0 Å². The van der Waals surface area contributed by atoms with Crippen molar-refractivity contribution in [3.63, 3.8) is 0 Å². The second-order valence-electron chi connectivity index (χ2n) is 5.08. The van der Waals surface area contributed by atoms with Gasteiger partial charge in [-0.15, -0.1) is 0 Å². The molecule has 1 aromatic carbocycles. The Balaban J connectivity index is 2.09. The molecule has 1 fully saturated rings. The monoisotopic (exact) mass is 319 g/mol. The standard InChI is InChI=1S/C13H15F2NO4S/c14-9-3-6-11(15)12(7-9)21(19,20)16-10-4-1-8(2-5-10)13(17)18/h3,6-8,10,16H,1-2,4-5H2,(H,17,18). The summed E-state index contributed by atoms with van der Waals surface area (Å²) in [5.74, 6) is -3.24.